The third kappa shape index (κ3) is 28.8. The van der Waals surface area contributed by atoms with E-state index in [4.69, 9.17) is 33.5 Å². The van der Waals surface area contributed by atoms with Crippen molar-refractivity contribution in [2.45, 2.75) is 128 Å². The third-order valence-corrected chi connectivity index (χ3v) is 5.96. The Balaban J connectivity index is -0.000000116. The molecule has 8 N–H and O–H groups in total. The van der Waals surface area contributed by atoms with E-state index >= 15 is 0 Å². The van der Waals surface area contributed by atoms with E-state index in [1.54, 1.807) is 27.7 Å². The first kappa shape index (κ1) is 62.1. The zero-order chi connectivity index (χ0) is 33.9. The molecule has 18 heteroatoms. The number of hydrogen-bond donors (Lipinski definition) is 4. The minimum atomic E-state index is -1.37. The van der Waals surface area contributed by atoms with Crippen LogP contribution < -0.4 is 0 Å². The second-order valence-corrected chi connectivity index (χ2v) is 12.4. The van der Waals surface area contributed by atoms with Crippen molar-refractivity contribution in [2.24, 2.45) is 0 Å². The predicted octanol–water partition coefficient (Wildman–Crippen LogP) is -2.11. The average Bonchev–Trinajstić information content (AvgIpc) is 2.92. The summed E-state index contributed by atoms with van der Waals surface area (Å²) in [5.41, 5.74) is -2.42. The number of ether oxygens (including phenoxy) is 6. The van der Waals surface area contributed by atoms with Gasteiger partial charge in [-0.1, -0.05) is 0 Å². The molecule has 46 heavy (non-hydrogen) atoms. The molecule has 0 aliphatic heterocycles. The van der Waals surface area contributed by atoms with Gasteiger partial charge in [-0.3, -0.25) is 0 Å². The molecule has 0 rings (SSSR count). The first-order chi connectivity index (χ1) is 19.1. The van der Waals surface area contributed by atoms with Gasteiger partial charge in [0.05, 0.1) is 48.8 Å². The van der Waals surface area contributed by atoms with E-state index in [1.807, 2.05) is 41.5 Å². The van der Waals surface area contributed by atoms with E-state index in [1.165, 1.54) is 57.8 Å². The zero-order valence-electron chi connectivity index (χ0n) is 30.7. The molecule has 0 aromatic rings. The summed E-state index contributed by atoms with van der Waals surface area (Å²) in [6.45, 7) is 17.5. The molecule has 6 atom stereocenters. The number of carbonyl (C=O) groups excluding carboxylic acids is 2. The van der Waals surface area contributed by atoms with E-state index < -0.39 is 60.0 Å². The fourth-order valence-electron chi connectivity index (χ4n) is 2.76. The van der Waals surface area contributed by atoms with E-state index in [2.05, 4.69) is 0 Å². The van der Waals surface area contributed by atoms with Gasteiger partial charge in [0.1, 0.15) is 36.6 Å². The monoisotopic (exact) mass is 688 g/mol. The predicted molar refractivity (Wildman–Crippen MR) is 179 cm³/mol. The van der Waals surface area contributed by atoms with Crippen molar-refractivity contribution in [1.29, 1.82) is 0 Å². The SMILES string of the molecule is COC(C)(C)C(C=O)OC(COC(C)(C)C)[C@@H](O)C=O.COC(C)(C)[C@@H](CO)OC(COC(C)(C)C)[C@@H](O)CO.O.O.[B].[B].[Na][Na]. The van der Waals surface area contributed by atoms with Gasteiger partial charge in [-0.05, 0) is 69.2 Å². The number of aldehydes is 2. The van der Waals surface area contributed by atoms with Crippen LogP contribution in [0.3, 0.4) is 0 Å². The van der Waals surface area contributed by atoms with E-state index in [9.17, 15) is 24.9 Å². The fraction of sp³-hybridized carbons (Fsp3) is 0.929. The van der Waals surface area contributed by atoms with Crippen molar-refractivity contribution in [3.8, 4) is 0 Å². The van der Waals surface area contributed by atoms with Gasteiger partial charge in [-0.25, -0.2) is 0 Å². The molecule has 0 aliphatic rings. The molecule has 264 valence electrons. The maximum atomic E-state index is 11.1. The van der Waals surface area contributed by atoms with Crippen LogP contribution in [-0.2, 0) is 38.0 Å². The van der Waals surface area contributed by atoms with Crippen LogP contribution in [0, 0.1) is 0 Å². The van der Waals surface area contributed by atoms with Crippen LogP contribution in [0.15, 0.2) is 0 Å². The van der Waals surface area contributed by atoms with Crippen LogP contribution in [0.5, 0.6) is 0 Å². The van der Waals surface area contributed by atoms with Crippen molar-refractivity contribution in [3.05, 3.63) is 0 Å². The third-order valence-electron chi connectivity index (χ3n) is 5.96. The molecule has 0 aromatic carbocycles. The van der Waals surface area contributed by atoms with Crippen molar-refractivity contribution < 1.29 is 69.4 Å². The molecule has 0 saturated heterocycles. The first-order valence-corrected chi connectivity index (χ1v) is 22.3. The fourth-order valence-corrected chi connectivity index (χ4v) is 2.76. The topological polar surface area (TPSA) is 233 Å². The molecule has 0 aliphatic carbocycles. The minimum absolute atomic E-state index is 0. The molecule has 0 fully saturated rings. The number of aliphatic hydroxyl groups excluding tert-OH is 4. The molecular weight excluding hydrogens is 628 g/mol. The van der Waals surface area contributed by atoms with Gasteiger partial charge in [0.15, 0.2) is 12.6 Å². The number of carbonyl (C=O) groups is 2. The van der Waals surface area contributed by atoms with Crippen molar-refractivity contribution in [3.63, 3.8) is 0 Å². The van der Waals surface area contributed by atoms with Crippen molar-refractivity contribution in [2.75, 3.05) is 40.6 Å². The summed E-state index contributed by atoms with van der Waals surface area (Å²) in [5, 5.41) is 38.0. The summed E-state index contributed by atoms with van der Waals surface area (Å²) in [7, 11) is 2.98. The average molecular weight is 688 g/mol. The summed E-state index contributed by atoms with van der Waals surface area (Å²) in [6, 6.07) is 0. The Labute approximate surface area is 309 Å². The van der Waals surface area contributed by atoms with E-state index in [0.29, 0.717) is 12.6 Å². The summed E-state index contributed by atoms with van der Waals surface area (Å²) in [4.78, 5) is 21.9. The molecule has 3 unspecified atom stereocenters. The van der Waals surface area contributed by atoms with Crippen LogP contribution in [0.4, 0.5) is 0 Å². The zero-order valence-corrected chi connectivity index (χ0v) is 34.7. The van der Waals surface area contributed by atoms with E-state index in [-0.39, 0.29) is 53.2 Å². The van der Waals surface area contributed by atoms with Gasteiger partial charge < -0.3 is 69.4 Å². The van der Waals surface area contributed by atoms with Crippen LogP contribution >= 0.6 is 0 Å². The summed E-state index contributed by atoms with van der Waals surface area (Å²) < 4.78 is 32.8. The molecular formula is C28H60B2Na2O14. The summed E-state index contributed by atoms with van der Waals surface area (Å²) >= 11 is 2.89. The van der Waals surface area contributed by atoms with Crippen LogP contribution in [0.1, 0.15) is 69.2 Å². The number of methoxy groups -OCH3 is 2. The molecule has 14 nitrogen and oxygen atoms in total. The van der Waals surface area contributed by atoms with Crippen molar-refractivity contribution in [1.82, 2.24) is 0 Å². The van der Waals surface area contributed by atoms with Crippen LogP contribution in [0.2, 0.25) is 0 Å². The van der Waals surface area contributed by atoms with Gasteiger partial charge in [0, 0.05) is 31.0 Å². The first-order valence-electron chi connectivity index (χ1n) is 14.3. The Kier molecular flexibility index (Phi) is 41.6. The van der Waals surface area contributed by atoms with Gasteiger partial charge >= 0.3 is 43.6 Å². The van der Waals surface area contributed by atoms with Gasteiger partial charge in [0.25, 0.3) is 0 Å². The van der Waals surface area contributed by atoms with Crippen LogP contribution in [0.25, 0.3) is 0 Å². The number of aliphatic hydroxyl groups is 4. The Bertz CT molecular complexity index is 711. The number of hydrogen-bond acceptors (Lipinski definition) is 12. The second-order valence-electron chi connectivity index (χ2n) is 12.4. The van der Waals surface area contributed by atoms with Crippen molar-refractivity contribution >= 4 is 73.0 Å². The Morgan fingerprint density at radius 2 is 1.04 bits per heavy atom. The van der Waals surface area contributed by atoms with Gasteiger partial charge in [0.2, 0.25) is 0 Å². The maximum absolute atomic E-state index is 11.1. The number of rotatable bonds is 18. The van der Waals surface area contributed by atoms with E-state index in [0.717, 1.165) is 0 Å². The molecule has 0 amide bonds. The summed E-state index contributed by atoms with van der Waals surface area (Å²) in [6.07, 6.45) is -4.74. The normalized spacial score (nSPS) is 15.5. The standard InChI is InChI=1S/C14H30O6.C14H26O6.2B.2Na.2H2O/c2*1-13(2,3)19-9-11(10(17)7-15)20-12(8-16)14(4,5)18-6;;;;;;/h10-12,15-17H,7-9H2,1-6H3;7-8,10-12,17H,9H2,1-6H3;;;;;2*1H2/t10-,11?,12+;10-,11?,12?;;;;;;/m00....../s1. The summed E-state index contributed by atoms with van der Waals surface area (Å²) in [5.74, 6) is 0. The molecule has 0 spiro atoms. The molecule has 6 radical (unpaired) electrons. The molecule has 0 saturated carbocycles. The Morgan fingerprint density at radius 3 is 1.33 bits per heavy atom. The molecule has 0 bridgehead atoms. The van der Waals surface area contributed by atoms with Gasteiger partial charge in [-0.15, -0.1) is 0 Å². The molecule has 0 aromatic heterocycles. The van der Waals surface area contributed by atoms with Gasteiger partial charge in [-0.2, -0.15) is 0 Å². The van der Waals surface area contributed by atoms with Crippen LogP contribution in [-0.4, -0.2) is 204 Å². The second kappa shape index (κ2) is 30.8. The Hall–Kier alpha value is 0.990. The molecule has 0 heterocycles. The Morgan fingerprint density at radius 1 is 0.652 bits per heavy atom. The quantitative estimate of drug-likeness (QED) is 0.0896.